The van der Waals surface area contributed by atoms with E-state index in [9.17, 15) is 19.1 Å². The van der Waals surface area contributed by atoms with E-state index >= 15 is 0 Å². The van der Waals surface area contributed by atoms with Crippen molar-refractivity contribution in [2.75, 3.05) is 5.32 Å². The highest BCUT2D eigenvalue weighted by molar-refractivity contribution is 6.05. The Kier molecular flexibility index (Phi) is 4.50. The Morgan fingerprint density at radius 2 is 2.07 bits per heavy atom. The molecule has 10 heteroatoms. The van der Waals surface area contributed by atoms with Crippen LogP contribution in [0.15, 0.2) is 47.5 Å². The molecule has 0 aliphatic rings. The molecule has 4 rings (SSSR count). The summed E-state index contributed by atoms with van der Waals surface area (Å²) < 4.78 is 16.4. The molecule has 0 atom stereocenters. The summed E-state index contributed by atoms with van der Waals surface area (Å²) in [5.74, 6) is -0.871. The largest absolute Gasteiger partial charge is 0.386 e. The molecular weight excluding hydrogens is 391 g/mol. The molecule has 154 valence electrons. The van der Waals surface area contributed by atoms with Crippen molar-refractivity contribution < 1.29 is 14.3 Å². The highest BCUT2D eigenvalue weighted by Crippen LogP contribution is 2.29. The van der Waals surface area contributed by atoms with Gasteiger partial charge in [0.15, 0.2) is 0 Å². The second-order valence-electron chi connectivity index (χ2n) is 7.37. The lowest BCUT2D eigenvalue weighted by Gasteiger charge is -2.22. The molecule has 3 heterocycles. The van der Waals surface area contributed by atoms with E-state index in [1.165, 1.54) is 47.4 Å². The first-order valence-electron chi connectivity index (χ1n) is 9.11. The van der Waals surface area contributed by atoms with Gasteiger partial charge in [0.1, 0.15) is 11.3 Å². The van der Waals surface area contributed by atoms with Crippen LogP contribution in [0.2, 0.25) is 0 Å². The zero-order chi connectivity index (χ0) is 21.6. The molecule has 0 unspecified atom stereocenters. The summed E-state index contributed by atoms with van der Waals surface area (Å²) in [6.45, 7) is 4.66. The summed E-state index contributed by atoms with van der Waals surface area (Å²) in [5.41, 5.74) is -0.125. The molecule has 30 heavy (non-hydrogen) atoms. The van der Waals surface area contributed by atoms with E-state index in [0.29, 0.717) is 11.2 Å². The second kappa shape index (κ2) is 6.92. The Morgan fingerprint density at radius 1 is 1.30 bits per heavy atom. The lowest BCUT2D eigenvalue weighted by Crippen LogP contribution is -2.22. The third-order valence-electron chi connectivity index (χ3n) is 4.73. The molecule has 0 bridgehead atoms. The standard InChI is InChI=1S/C20H19FN6O3/c1-11-13(17(28)23-15-7-6-12(21)9-14(15)20(2,3)30)10-22-27(11)19-24-18(29)16-5-4-8-26(16)25-19/h4-10,30H,1-3H3,(H,23,28)(H,24,25,29). The molecule has 1 aromatic carbocycles. The average Bonchev–Trinajstić information content (AvgIpc) is 3.29. The van der Waals surface area contributed by atoms with Crippen LogP contribution in [0.25, 0.3) is 11.5 Å². The molecule has 3 aromatic heterocycles. The quantitative estimate of drug-likeness (QED) is 0.477. The van der Waals surface area contributed by atoms with Crippen molar-refractivity contribution >= 4 is 17.1 Å². The minimum atomic E-state index is -1.36. The molecule has 9 nitrogen and oxygen atoms in total. The number of fused-ring (bicyclic) bond motifs is 1. The predicted octanol–water partition coefficient (Wildman–Crippen LogP) is 2.14. The predicted molar refractivity (Wildman–Crippen MR) is 107 cm³/mol. The van der Waals surface area contributed by atoms with Gasteiger partial charge in [-0.2, -0.15) is 5.10 Å². The van der Waals surface area contributed by atoms with Crippen molar-refractivity contribution in [2.45, 2.75) is 26.4 Å². The van der Waals surface area contributed by atoms with Crippen LogP contribution in [0, 0.1) is 12.7 Å². The number of carbonyl (C=O) groups is 1. The monoisotopic (exact) mass is 410 g/mol. The van der Waals surface area contributed by atoms with Crippen molar-refractivity contribution in [1.82, 2.24) is 24.4 Å². The van der Waals surface area contributed by atoms with Crippen LogP contribution >= 0.6 is 0 Å². The van der Waals surface area contributed by atoms with Gasteiger partial charge in [0.25, 0.3) is 11.5 Å². The van der Waals surface area contributed by atoms with E-state index in [1.54, 1.807) is 25.3 Å². The normalized spacial score (nSPS) is 11.8. The molecule has 0 radical (unpaired) electrons. The number of aromatic amines is 1. The van der Waals surface area contributed by atoms with Gasteiger partial charge in [-0.25, -0.2) is 13.6 Å². The molecule has 0 fully saturated rings. The molecule has 4 aromatic rings. The highest BCUT2D eigenvalue weighted by Gasteiger charge is 2.24. The third kappa shape index (κ3) is 3.37. The SMILES string of the molecule is Cc1c(C(=O)Nc2ccc(F)cc2C(C)(C)O)cnn1-c1nn2cccc2c(=O)[nH]1. The van der Waals surface area contributed by atoms with Gasteiger partial charge >= 0.3 is 0 Å². The van der Waals surface area contributed by atoms with E-state index in [-0.39, 0.29) is 28.3 Å². The Hall–Kier alpha value is -3.79. The van der Waals surface area contributed by atoms with Crippen LogP contribution in [0.5, 0.6) is 0 Å². The minimum absolute atomic E-state index is 0.152. The lowest BCUT2D eigenvalue weighted by atomic mass is 9.96. The zero-order valence-electron chi connectivity index (χ0n) is 16.5. The van der Waals surface area contributed by atoms with Gasteiger partial charge in [-0.1, -0.05) is 0 Å². The number of aliphatic hydroxyl groups is 1. The molecule has 0 saturated heterocycles. The summed E-state index contributed by atoms with van der Waals surface area (Å²) in [6, 6.07) is 7.08. The molecule has 3 N–H and O–H groups in total. The first-order valence-corrected chi connectivity index (χ1v) is 9.11. The summed E-state index contributed by atoms with van der Waals surface area (Å²) in [7, 11) is 0. The minimum Gasteiger partial charge on any atom is -0.386 e. The Balaban J connectivity index is 1.69. The maximum Gasteiger partial charge on any atom is 0.276 e. The fourth-order valence-electron chi connectivity index (χ4n) is 3.19. The molecular formula is C20H19FN6O3. The Morgan fingerprint density at radius 3 is 2.80 bits per heavy atom. The van der Waals surface area contributed by atoms with E-state index < -0.39 is 17.3 Å². The van der Waals surface area contributed by atoms with Gasteiger partial charge in [0.05, 0.1) is 23.1 Å². The van der Waals surface area contributed by atoms with Crippen molar-refractivity contribution in [3.63, 3.8) is 0 Å². The van der Waals surface area contributed by atoms with Crippen LogP contribution in [0.3, 0.4) is 0 Å². The third-order valence-corrected chi connectivity index (χ3v) is 4.73. The van der Waals surface area contributed by atoms with Gasteiger partial charge in [0.2, 0.25) is 5.95 Å². The number of amides is 1. The Labute approximate surface area is 169 Å². The van der Waals surface area contributed by atoms with Gasteiger partial charge in [0, 0.05) is 17.4 Å². The first-order chi connectivity index (χ1) is 14.1. The number of nitrogens with zero attached hydrogens (tertiary/aromatic N) is 4. The van der Waals surface area contributed by atoms with Crippen LogP contribution in [-0.2, 0) is 5.60 Å². The summed E-state index contributed by atoms with van der Waals surface area (Å²) in [5, 5.41) is 21.4. The van der Waals surface area contributed by atoms with Crippen LogP contribution < -0.4 is 10.9 Å². The van der Waals surface area contributed by atoms with Gasteiger partial charge in [-0.05, 0) is 51.1 Å². The maximum atomic E-state index is 13.6. The number of nitrogens with one attached hydrogen (secondary N) is 2. The topological polar surface area (TPSA) is 117 Å². The second-order valence-corrected chi connectivity index (χ2v) is 7.37. The van der Waals surface area contributed by atoms with Crippen LogP contribution in [0.1, 0.15) is 35.5 Å². The number of rotatable bonds is 4. The van der Waals surface area contributed by atoms with E-state index in [1.807, 2.05) is 0 Å². The fourth-order valence-corrected chi connectivity index (χ4v) is 3.19. The Bertz CT molecular complexity index is 1330. The zero-order valence-corrected chi connectivity index (χ0v) is 16.5. The molecule has 0 spiro atoms. The van der Waals surface area contributed by atoms with E-state index in [0.717, 1.165) is 0 Å². The van der Waals surface area contributed by atoms with Crippen LogP contribution in [-0.4, -0.2) is 35.4 Å². The summed E-state index contributed by atoms with van der Waals surface area (Å²) in [6.07, 6.45) is 2.98. The van der Waals surface area contributed by atoms with Crippen LogP contribution in [0.4, 0.5) is 10.1 Å². The van der Waals surface area contributed by atoms with Crippen molar-refractivity contribution in [2.24, 2.45) is 0 Å². The molecule has 1 amide bonds. The molecule has 0 aliphatic heterocycles. The van der Waals surface area contributed by atoms with Gasteiger partial charge in [-0.3, -0.25) is 14.6 Å². The average molecular weight is 410 g/mol. The lowest BCUT2D eigenvalue weighted by molar-refractivity contribution is 0.0789. The number of H-pyrrole nitrogens is 1. The summed E-state index contributed by atoms with van der Waals surface area (Å²) >= 11 is 0. The van der Waals surface area contributed by atoms with Crippen molar-refractivity contribution in [3.05, 3.63) is 75.7 Å². The fraction of sp³-hybridized carbons (Fsp3) is 0.200. The van der Waals surface area contributed by atoms with Crippen molar-refractivity contribution in [1.29, 1.82) is 0 Å². The van der Waals surface area contributed by atoms with E-state index in [2.05, 4.69) is 20.5 Å². The summed E-state index contributed by atoms with van der Waals surface area (Å²) in [4.78, 5) is 27.7. The molecule has 0 aliphatic carbocycles. The maximum absolute atomic E-state index is 13.6. The number of hydrogen-bond donors (Lipinski definition) is 3. The number of carbonyl (C=O) groups excluding carboxylic acids is 1. The molecule has 0 saturated carbocycles. The smallest absolute Gasteiger partial charge is 0.276 e. The number of hydrogen-bond acceptors (Lipinski definition) is 5. The number of aromatic nitrogens is 5. The highest BCUT2D eigenvalue weighted by atomic mass is 19.1. The van der Waals surface area contributed by atoms with Gasteiger partial charge in [-0.15, -0.1) is 5.10 Å². The number of halogens is 1. The van der Waals surface area contributed by atoms with Gasteiger partial charge < -0.3 is 10.4 Å². The number of anilines is 1. The van der Waals surface area contributed by atoms with E-state index in [4.69, 9.17) is 0 Å². The van der Waals surface area contributed by atoms with Crippen molar-refractivity contribution in [3.8, 4) is 5.95 Å². The number of benzene rings is 1. The first kappa shape index (κ1) is 19.5.